The van der Waals surface area contributed by atoms with Gasteiger partial charge in [-0.15, -0.1) is 0 Å². The van der Waals surface area contributed by atoms with Gasteiger partial charge >= 0.3 is 37.9 Å². The van der Waals surface area contributed by atoms with Gasteiger partial charge < -0.3 is 34.3 Å². The fourth-order valence-corrected chi connectivity index (χ4v) is 5.54. The highest BCUT2D eigenvalue weighted by Crippen LogP contribution is 2.50. The van der Waals surface area contributed by atoms with Gasteiger partial charge in [-0.25, -0.2) is 18.9 Å². The first kappa shape index (κ1) is 49.8. The number of esters is 3. The first-order valence-electron chi connectivity index (χ1n) is 18.8. The highest BCUT2D eigenvalue weighted by molar-refractivity contribution is 7.48. The SMILES string of the molecule is CCCCCC(=O)O[C@H](COC(=O)CCCCCNC(=O)OCc1ccccc1)COP(=O)(OCCC#N)OC[C@H](NC(=O)OC(C)(C)C)C(=O)OC(C)(C)C. The minimum Gasteiger partial charge on any atom is -0.462 e. The van der Waals surface area contributed by atoms with Gasteiger partial charge in [0.1, 0.15) is 24.4 Å². The lowest BCUT2D eigenvalue weighted by Gasteiger charge is -2.27. The van der Waals surface area contributed by atoms with Crippen LogP contribution in [0.25, 0.3) is 0 Å². The predicted molar refractivity (Wildman–Crippen MR) is 203 cm³/mol. The number of carbonyl (C=O) groups is 5. The van der Waals surface area contributed by atoms with E-state index in [9.17, 15) is 28.5 Å². The molecule has 1 unspecified atom stereocenters. The number of phosphoric acid groups is 1. The van der Waals surface area contributed by atoms with Crippen LogP contribution in [0.2, 0.25) is 0 Å². The monoisotopic (exact) mass is 813 g/mol. The van der Waals surface area contributed by atoms with E-state index in [1.54, 1.807) is 41.5 Å². The molecule has 56 heavy (non-hydrogen) atoms. The molecule has 0 bridgehead atoms. The van der Waals surface area contributed by atoms with Crippen LogP contribution in [0.1, 0.15) is 112 Å². The summed E-state index contributed by atoms with van der Waals surface area (Å²) in [5, 5.41) is 14.0. The summed E-state index contributed by atoms with van der Waals surface area (Å²) in [5.41, 5.74) is -1.01. The minimum absolute atomic E-state index is 0.0338. The molecule has 0 saturated carbocycles. The Bertz CT molecular complexity index is 1440. The molecule has 3 atom stereocenters. The van der Waals surface area contributed by atoms with Crippen molar-refractivity contribution in [3.8, 4) is 6.07 Å². The van der Waals surface area contributed by atoms with Crippen LogP contribution < -0.4 is 10.6 Å². The summed E-state index contributed by atoms with van der Waals surface area (Å²) in [6, 6.07) is 9.57. The molecule has 2 N–H and O–H groups in total. The van der Waals surface area contributed by atoms with E-state index < -0.39 is 87.7 Å². The Morgan fingerprint density at radius 3 is 2.05 bits per heavy atom. The van der Waals surface area contributed by atoms with Crippen LogP contribution >= 0.6 is 7.82 Å². The molecule has 0 aliphatic rings. The lowest BCUT2D eigenvalue weighted by Crippen LogP contribution is -2.48. The number of unbranched alkanes of at least 4 members (excludes halogenated alkanes) is 4. The number of hydrogen-bond donors (Lipinski definition) is 2. The molecular formula is C38H60N3O14P. The van der Waals surface area contributed by atoms with E-state index in [-0.39, 0.29) is 25.9 Å². The number of rotatable bonds is 26. The molecule has 2 amide bonds. The van der Waals surface area contributed by atoms with E-state index >= 15 is 0 Å². The lowest BCUT2D eigenvalue weighted by atomic mass is 10.2. The predicted octanol–water partition coefficient (Wildman–Crippen LogP) is 6.82. The van der Waals surface area contributed by atoms with Crippen LogP contribution in [0.3, 0.4) is 0 Å². The van der Waals surface area contributed by atoms with Crippen LogP contribution in [0.15, 0.2) is 30.3 Å². The fourth-order valence-electron chi connectivity index (χ4n) is 4.32. The zero-order valence-corrected chi connectivity index (χ0v) is 34.7. The minimum atomic E-state index is -4.63. The second-order valence-electron chi connectivity index (χ2n) is 14.6. The van der Waals surface area contributed by atoms with E-state index in [0.29, 0.717) is 32.2 Å². The first-order chi connectivity index (χ1) is 26.3. The Balaban J connectivity index is 2.85. The number of nitriles is 1. The summed E-state index contributed by atoms with van der Waals surface area (Å²) in [7, 11) is -4.63. The number of alkyl carbamates (subject to hydrolysis) is 2. The molecular weight excluding hydrogens is 753 g/mol. The molecule has 1 aromatic carbocycles. The summed E-state index contributed by atoms with van der Waals surface area (Å²) in [6.07, 6.45) is 0.967. The maximum Gasteiger partial charge on any atom is 0.475 e. The van der Waals surface area contributed by atoms with Crippen molar-refractivity contribution in [1.82, 2.24) is 10.6 Å². The number of ether oxygens (including phenoxy) is 5. The number of carbonyl (C=O) groups excluding carboxylic acids is 5. The average molecular weight is 814 g/mol. The van der Waals surface area contributed by atoms with E-state index in [4.69, 9.17) is 42.5 Å². The fraction of sp³-hybridized carbons (Fsp3) is 0.684. The van der Waals surface area contributed by atoms with Crippen LogP contribution in [-0.4, -0.2) is 86.4 Å². The number of benzene rings is 1. The maximum absolute atomic E-state index is 13.8. The number of phosphoric ester groups is 1. The Labute approximate surface area is 330 Å². The summed E-state index contributed by atoms with van der Waals surface area (Å²) in [4.78, 5) is 62.6. The van der Waals surface area contributed by atoms with Gasteiger partial charge in [0.2, 0.25) is 0 Å². The van der Waals surface area contributed by atoms with Gasteiger partial charge in [-0.05, 0) is 66.4 Å². The molecule has 0 heterocycles. The molecule has 0 aromatic heterocycles. The second kappa shape index (κ2) is 26.6. The van der Waals surface area contributed by atoms with E-state index in [1.165, 1.54) is 0 Å². The normalized spacial score (nSPS) is 13.5. The van der Waals surface area contributed by atoms with E-state index in [2.05, 4.69) is 10.6 Å². The third-order valence-corrected chi connectivity index (χ3v) is 8.35. The molecule has 17 nitrogen and oxygen atoms in total. The van der Waals surface area contributed by atoms with Crippen LogP contribution in [0.4, 0.5) is 9.59 Å². The van der Waals surface area contributed by atoms with Gasteiger partial charge in [0.15, 0.2) is 12.1 Å². The molecule has 18 heteroatoms. The number of nitrogens with zero attached hydrogens (tertiary/aromatic N) is 1. The first-order valence-corrected chi connectivity index (χ1v) is 20.2. The van der Waals surface area contributed by atoms with Crippen molar-refractivity contribution in [1.29, 1.82) is 5.26 Å². The molecule has 0 radical (unpaired) electrons. The topological polar surface area (TPSA) is 224 Å². The summed E-state index contributed by atoms with van der Waals surface area (Å²) in [6.45, 7) is 9.93. The molecule has 0 saturated heterocycles. The molecule has 1 aromatic rings. The van der Waals surface area contributed by atoms with Gasteiger partial charge in [-0.1, -0.05) is 56.5 Å². The van der Waals surface area contributed by atoms with Crippen LogP contribution in [0.5, 0.6) is 0 Å². The zero-order chi connectivity index (χ0) is 42.0. The molecule has 0 fully saturated rings. The maximum atomic E-state index is 13.8. The van der Waals surface area contributed by atoms with Crippen molar-refractivity contribution < 1.29 is 65.8 Å². The molecule has 1 rings (SSSR count). The molecule has 0 spiro atoms. The highest BCUT2D eigenvalue weighted by atomic mass is 31.2. The smallest absolute Gasteiger partial charge is 0.462 e. The quantitative estimate of drug-likeness (QED) is 0.0424. The van der Waals surface area contributed by atoms with Gasteiger partial charge in [0.25, 0.3) is 0 Å². The standard InChI is InChI=1S/C38H60N3O14P/c1-8-9-12-21-33(43)53-30(26-48-32(42)20-15-11-16-23-40-35(45)49-25-29-18-13-10-14-19-29)27-51-56(47,50-24-17-22-39)52-28-31(34(44)54-37(2,3)4)41-36(46)55-38(5,6)7/h10,13-14,18-19,30-31H,8-9,11-12,15-17,20-21,23-28H2,1-7H3,(H,40,45)(H,41,46)/t30-,31+,56?/m1/s1. The van der Waals surface area contributed by atoms with Crippen molar-refractivity contribution >= 4 is 37.9 Å². The zero-order valence-electron chi connectivity index (χ0n) is 33.8. The van der Waals surface area contributed by atoms with E-state index in [0.717, 1.165) is 18.4 Å². The van der Waals surface area contributed by atoms with Gasteiger partial charge in [-0.3, -0.25) is 23.2 Å². The number of hydrogen-bond acceptors (Lipinski definition) is 15. The Hall–Kier alpha value is -4.23. The second-order valence-corrected chi connectivity index (χ2v) is 16.2. The summed E-state index contributed by atoms with van der Waals surface area (Å²) >= 11 is 0. The van der Waals surface area contributed by atoms with Gasteiger partial charge in [0.05, 0.1) is 32.3 Å². The Morgan fingerprint density at radius 1 is 0.768 bits per heavy atom. The molecule has 0 aliphatic carbocycles. The lowest BCUT2D eigenvalue weighted by molar-refractivity contribution is -0.161. The van der Waals surface area contributed by atoms with Crippen molar-refractivity contribution in [3.63, 3.8) is 0 Å². The van der Waals surface area contributed by atoms with Crippen LogP contribution in [0, 0.1) is 11.3 Å². The molecule has 316 valence electrons. The summed E-state index contributed by atoms with van der Waals surface area (Å²) in [5.74, 6) is -2.13. The third kappa shape index (κ3) is 25.8. The molecule has 0 aliphatic heterocycles. The Kier molecular flexibility index (Phi) is 23.6. The number of nitrogens with one attached hydrogen (secondary N) is 2. The largest absolute Gasteiger partial charge is 0.475 e. The van der Waals surface area contributed by atoms with Crippen molar-refractivity contribution in [2.75, 3.05) is 33.0 Å². The highest BCUT2D eigenvalue weighted by Gasteiger charge is 2.35. The van der Waals surface area contributed by atoms with E-state index in [1.807, 2.05) is 43.3 Å². The number of amides is 2. The van der Waals surface area contributed by atoms with Crippen molar-refractivity contribution in [2.24, 2.45) is 0 Å². The Morgan fingerprint density at radius 2 is 1.41 bits per heavy atom. The van der Waals surface area contributed by atoms with Crippen molar-refractivity contribution in [3.05, 3.63) is 35.9 Å². The van der Waals surface area contributed by atoms with Gasteiger partial charge in [-0.2, -0.15) is 5.26 Å². The van der Waals surface area contributed by atoms with Gasteiger partial charge in [0, 0.05) is 19.4 Å². The van der Waals surface area contributed by atoms with Crippen molar-refractivity contribution in [2.45, 2.75) is 136 Å². The van der Waals surface area contributed by atoms with Crippen LogP contribution in [-0.2, 0) is 62.8 Å². The third-order valence-electron chi connectivity index (χ3n) is 6.92. The average Bonchev–Trinajstić information content (AvgIpc) is 3.11. The summed E-state index contributed by atoms with van der Waals surface area (Å²) < 4.78 is 56.6.